The fourth-order valence-corrected chi connectivity index (χ4v) is 2.33. The highest BCUT2D eigenvalue weighted by Gasteiger charge is 2.30. The number of anilines is 1. The Balaban J connectivity index is 2.11. The molecule has 0 aliphatic carbocycles. The van der Waals surface area contributed by atoms with Crippen molar-refractivity contribution in [2.75, 3.05) is 25.1 Å². The van der Waals surface area contributed by atoms with Gasteiger partial charge in [0.15, 0.2) is 0 Å². The lowest BCUT2D eigenvalue weighted by Gasteiger charge is -2.36. The Morgan fingerprint density at radius 3 is 2.71 bits per heavy atom. The molecule has 1 saturated heterocycles. The van der Waals surface area contributed by atoms with Crippen LogP contribution < -0.4 is 10.6 Å². The van der Waals surface area contributed by atoms with Crippen molar-refractivity contribution in [2.24, 2.45) is 11.7 Å². The molecule has 92 valence electrons. The summed E-state index contributed by atoms with van der Waals surface area (Å²) in [5.41, 5.74) is 7.10. The summed E-state index contributed by atoms with van der Waals surface area (Å²) in [6.45, 7) is 1.47. The first-order valence-electron chi connectivity index (χ1n) is 5.84. The topological polar surface area (TPSA) is 55.6 Å². The van der Waals surface area contributed by atoms with E-state index in [2.05, 4.69) is 4.90 Å². The summed E-state index contributed by atoms with van der Waals surface area (Å²) < 4.78 is 4.80. The molecule has 2 unspecified atom stereocenters. The van der Waals surface area contributed by atoms with Crippen LogP contribution in [0.15, 0.2) is 30.3 Å². The number of hydrogen-bond donors (Lipinski definition) is 1. The number of esters is 1. The number of nitrogens with zero attached hydrogens (tertiary/aromatic N) is 1. The molecule has 4 nitrogen and oxygen atoms in total. The van der Waals surface area contributed by atoms with Crippen LogP contribution in [0, 0.1) is 5.92 Å². The molecule has 1 aliphatic heterocycles. The Hall–Kier alpha value is -1.55. The Kier molecular flexibility index (Phi) is 3.64. The maximum atomic E-state index is 11.6. The van der Waals surface area contributed by atoms with E-state index >= 15 is 0 Å². The molecular weight excluding hydrogens is 216 g/mol. The first-order valence-corrected chi connectivity index (χ1v) is 5.84. The van der Waals surface area contributed by atoms with Crippen LogP contribution in [-0.4, -0.2) is 32.2 Å². The van der Waals surface area contributed by atoms with E-state index < -0.39 is 0 Å². The van der Waals surface area contributed by atoms with Crippen molar-refractivity contribution in [3.8, 4) is 0 Å². The lowest BCUT2D eigenvalue weighted by atomic mass is 9.94. The first kappa shape index (κ1) is 11.9. The van der Waals surface area contributed by atoms with E-state index in [4.69, 9.17) is 10.5 Å². The smallest absolute Gasteiger partial charge is 0.310 e. The number of nitrogens with two attached hydrogens (primary N) is 1. The maximum absolute atomic E-state index is 11.6. The Bertz CT molecular complexity index is 380. The summed E-state index contributed by atoms with van der Waals surface area (Å²) in [6.07, 6.45) is 0.704. The second-order valence-electron chi connectivity index (χ2n) is 4.46. The van der Waals surface area contributed by atoms with Crippen LogP contribution in [0.3, 0.4) is 0 Å². The van der Waals surface area contributed by atoms with Gasteiger partial charge in [-0.2, -0.15) is 0 Å². The Morgan fingerprint density at radius 2 is 2.06 bits per heavy atom. The van der Waals surface area contributed by atoms with Gasteiger partial charge in [0.25, 0.3) is 0 Å². The van der Waals surface area contributed by atoms with Crippen LogP contribution in [-0.2, 0) is 9.53 Å². The summed E-state index contributed by atoms with van der Waals surface area (Å²) in [6, 6.07) is 10.0. The molecule has 2 rings (SSSR count). The number of methoxy groups -OCH3 is 1. The number of benzene rings is 1. The molecule has 1 aromatic rings. The highest BCUT2D eigenvalue weighted by molar-refractivity contribution is 5.73. The molecule has 1 aliphatic rings. The highest BCUT2D eigenvalue weighted by atomic mass is 16.5. The molecule has 2 N–H and O–H groups in total. The van der Waals surface area contributed by atoms with E-state index in [-0.39, 0.29) is 17.9 Å². The largest absolute Gasteiger partial charge is 0.469 e. The van der Waals surface area contributed by atoms with Gasteiger partial charge in [0, 0.05) is 24.8 Å². The average Bonchev–Trinajstić information content (AvgIpc) is 2.38. The standard InChI is InChI=1S/C13H18N2O2/c1-17-13(16)10-7-11(14)9-15(8-10)12-5-3-2-4-6-12/h2-6,10-11H,7-9,14H2,1H3. The zero-order valence-electron chi connectivity index (χ0n) is 10.0. The third-order valence-corrected chi connectivity index (χ3v) is 3.14. The minimum Gasteiger partial charge on any atom is -0.469 e. The summed E-state index contributed by atoms with van der Waals surface area (Å²) >= 11 is 0. The second kappa shape index (κ2) is 5.19. The molecule has 1 aromatic carbocycles. The van der Waals surface area contributed by atoms with Crippen LogP contribution >= 0.6 is 0 Å². The zero-order valence-corrected chi connectivity index (χ0v) is 10.0. The molecule has 0 spiro atoms. The predicted octanol–water partition coefficient (Wildman–Crippen LogP) is 1.01. The van der Waals surface area contributed by atoms with E-state index in [1.807, 2.05) is 30.3 Å². The molecule has 0 aromatic heterocycles. The number of carbonyl (C=O) groups is 1. The van der Waals surface area contributed by atoms with Crippen LogP contribution in [0.5, 0.6) is 0 Å². The molecule has 0 radical (unpaired) electrons. The molecule has 0 saturated carbocycles. The van der Waals surface area contributed by atoms with Crippen LogP contribution in [0.1, 0.15) is 6.42 Å². The van der Waals surface area contributed by atoms with Gasteiger partial charge in [0.2, 0.25) is 0 Å². The maximum Gasteiger partial charge on any atom is 0.310 e. The number of carbonyl (C=O) groups excluding carboxylic acids is 1. The van der Waals surface area contributed by atoms with Gasteiger partial charge in [-0.05, 0) is 18.6 Å². The molecule has 0 amide bonds. The third-order valence-electron chi connectivity index (χ3n) is 3.14. The van der Waals surface area contributed by atoms with Gasteiger partial charge < -0.3 is 15.4 Å². The number of ether oxygens (including phenoxy) is 1. The Morgan fingerprint density at radius 1 is 1.35 bits per heavy atom. The van der Waals surface area contributed by atoms with Crippen molar-refractivity contribution in [1.29, 1.82) is 0 Å². The van der Waals surface area contributed by atoms with Gasteiger partial charge in [0.1, 0.15) is 0 Å². The molecule has 2 atom stereocenters. The summed E-state index contributed by atoms with van der Waals surface area (Å²) in [5.74, 6) is -0.287. The molecule has 17 heavy (non-hydrogen) atoms. The van der Waals surface area contributed by atoms with Crippen molar-refractivity contribution < 1.29 is 9.53 Å². The molecule has 4 heteroatoms. The fourth-order valence-electron chi connectivity index (χ4n) is 2.33. The number of piperidine rings is 1. The predicted molar refractivity (Wildman–Crippen MR) is 66.8 cm³/mol. The molecule has 0 bridgehead atoms. The van der Waals surface area contributed by atoms with Crippen molar-refractivity contribution in [2.45, 2.75) is 12.5 Å². The van der Waals surface area contributed by atoms with Crippen molar-refractivity contribution >= 4 is 11.7 Å². The van der Waals surface area contributed by atoms with Gasteiger partial charge >= 0.3 is 5.97 Å². The van der Waals surface area contributed by atoms with Crippen LogP contribution in [0.4, 0.5) is 5.69 Å². The van der Waals surface area contributed by atoms with Crippen molar-refractivity contribution in [3.05, 3.63) is 30.3 Å². The van der Waals surface area contributed by atoms with E-state index in [9.17, 15) is 4.79 Å². The van der Waals surface area contributed by atoms with Gasteiger partial charge in [-0.25, -0.2) is 0 Å². The van der Waals surface area contributed by atoms with E-state index in [1.54, 1.807) is 0 Å². The molecular formula is C13H18N2O2. The lowest BCUT2D eigenvalue weighted by molar-refractivity contribution is -0.145. The minimum absolute atomic E-state index is 0.0213. The minimum atomic E-state index is -0.166. The van der Waals surface area contributed by atoms with Gasteiger partial charge in [0.05, 0.1) is 13.0 Å². The van der Waals surface area contributed by atoms with E-state index in [1.165, 1.54) is 7.11 Å². The zero-order chi connectivity index (χ0) is 12.3. The normalized spacial score (nSPS) is 24.5. The number of para-hydroxylation sites is 1. The summed E-state index contributed by atoms with van der Waals surface area (Å²) in [4.78, 5) is 13.7. The number of rotatable bonds is 2. The van der Waals surface area contributed by atoms with Gasteiger partial charge in [-0.3, -0.25) is 4.79 Å². The van der Waals surface area contributed by atoms with Gasteiger partial charge in [-0.15, -0.1) is 0 Å². The van der Waals surface area contributed by atoms with Crippen molar-refractivity contribution in [1.82, 2.24) is 0 Å². The third kappa shape index (κ3) is 2.77. The second-order valence-corrected chi connectivity index (χ2v) is 4.46. The van der Waals surface area contributed by atoms with E-state index in [0.717, 1.165) is 12.2 Å². The fraction of sp³-hybridized carbons (Fsp3) is 0.462. The quantitative estimate of drug-likeness (QED) is 0.776. The van der Waals surface area contributed by atoms with Crippen LogP contribution in [0.2, 0.25) is 0 Å². The summed E-state index contributed by atoms with van der Waals surface area (Å²) in [5, 5.41) is 0. The number of hydrogen-bond acceptors (Lipinski definition) is 4. The first-order chi connectivity index (χ1) is 8.20. The highest BCUT2D eigenvalue weighted by Crippen LogP contribution is 2.23. The SMILES string of the molecule is COC(=O)C1CC(N)CN(c2ccccc2)C1. The summed E-state index contributed by atoms with van der Waals surface area (Å²) in [7, 11) is 1.43. The molecule has 1 heterocycles. The van der Waals surface area contributed by atoms with E-state index in [0.29, 0.717) is 13.0 Å². The average molecular weight is 234 g/mol. The molecule has 1 fully saturated rings. The van der Waals surface area contributed by atoms with Crippen LogP contribution in [0.25, 0.3) is 0 Å². The van der Waals surface area contributed by atoms with Gasteiger partial charge in [-0.1, -0.05) is 18.2 Å². The Labute approximate surface area is 101 Å². The monoisotopic (exact) mass is 234 g/mol. The lowest BCUT2D eigenvalue weighted by Crippen LogP contribution is -2.49. The van der Waals surface area contributed by atoms with Crippen molar-refractivity contribution in [3.63, 3.8) is 0 Å².